The molecule has 6 heteroatoms. The second kappa shape index (κ2) is 10.8. The lowest BCUT2D eigenvalue weighted by atomic mass is 9.94. The molecule has 124 valence electrons. The van der Waals surface area contributed by atoms with Crippen molar-refractivity contribution in [3.8, 4) is 0 Å². The zero-order valence-corrected chi connectivity index (χ0v) is 13.0. The molecule has 0 amide bonds. The number of carboxylic acids is 2. The van der Waals surface area contributed by atoms with Crippen molar-refractivity contribution in [2.24, 2.45) is 17.6 Å². The lowest BCUT2D eigenvalue weighted by Crippen LogP contribution is -2.19. The van der Waals surface area contributed by atoms with E-state index >= 15 is 0 Å². The monoisotopic (exact) mass is 311 g/mol. The van der Waals surface area contributed by atoms with E-state index in [-0.39, 0.29) is 12.3 Å². The molecule has 0 heterocycles. The van der Waals surface area contributed by atoms with Crippen LogP contribution in [-0.2, 0) is 9.59 Å². The highest BCUT2D eigenvalue weighted by atomic mass is 16.4. The van der Waals surface area contributed by atoms with Gasteiger partial charge in [0, 0.05) is 6.42 Å². The fraction of sp³-hybridized carbons (Fsp3) is 0.500. The molecule has 0 fully saturated rings. The number of carboxylic acid groups (broad SMARTS) is 2. The average molecular weight is 311 g/mol. The van der Waals surface area contributed by atoms with Crippen molar-refractivity contribution >= 4 is 11.9 Å². The summed E-state index contributed by atoms with van der Waals surface area (Å²) < 4.78 is 0. The lowest BCUT2D eigenvalue weighted by Gasteiger charge is -2.13. The molecule has 5 N–H and O–H groups in total. The second-order valence-electron chi connectivity index (χ2n) is 5.48. The number of aliphatic carboxylic acids is 2. The Morgan fingerprint density at radius 1 is 1.14 bits per heavy atom. The van der Waals surface area contributed by atoms with E-state index in [0.29, 0.717) is 18.0 Å². The van der Waals surface area contributed by atoms with E-state index in [1.54, 1.807) is 30.3 Å². The molecule has 0 aliphatic rings. The molecule has 1 aromatic carbocycles. The van der Waals surface area contributed by atoms with Gasteiger partial charge in [-0.25, -0.2) is 4.79 Å². The molecule has 0 radical (unpaired) electrons. The first-order chi connectivity index (χ1) is 10.3. The van der Waals surface area contributed by atoms with E-state index < -0.39 is 18.0 Å². The van der Waals surface area contributed by atoms with Crippen LogP contribution in [0.4, 0.5) is 0 Å². The Morgan fingerprint density at radius 3 is 2.05 bits per heavy atom. The van der Waals surface area contributed by atoms with E-state index in [9.17, 15) is 9.59 Å². The molecule has 1 unspecified atom stereocenters. The van der Waals surface area contributed by atoms with E-state index in [2.05, 4.69) is 13.8 Å². The van der Waals surface area contributed by atoms with Crippen LogP contribution in [0.3, 0.4) is 0 Å². The molecule has 0 aliphatic carbocycles. The van der Waals surface area contributed by atoms with Gasteiger partial charge in [0.25, 0.3) is 0 Å². The van der Waals surface area contributed by atoms with Gasteiger partial charge in [-0.2, -0.15) is 0 Å². The summed E-state index contributed by atoms with van der Waals surface area (Å²) in [5.74, 6) is -1.30. The van der Waals surface area contributed by atoms with Crippen LogP contribution < -0.4 is 5.73 Å². The van der Waals surface area contributed by atoms with Gasteiger partial charge in [-0.15, -0.1) is 0 Å². The predicted octanol–water partition coefficient (Wildman–Crippen LogP) is 1.89. The zero-order valence-electron chi connectivity index (χ0n) is 13.0. The fourth-order valence-corrected chi connectivity index (χ4v) is 1.95. The van der Waals surface area contributed by atoms with Crippen LogP contribution in [0.2, 0.25) is 0 Å². The fourth-order valence-electron chi connectivity index (χ4n) is 1.95. The summed E-state index contributed by atoms with van der Waals surface area (Å²) in [7, 11) is 0. The quantitative estimate of drug-likeness (QED) is 0.610. The maximum Gasteiger partial charge on any atom is 0.337 e. The minimum Gasteiger partial charge on any atom is -0.481 e. The highest BCUT2D eigenvalue weighted by molar-refractivity contribution is 5.73. The SMILES string of the molecule is CC(C)C[C@H](CN)CC(=O)O.O=C(O)C(O)c1ccccc1. The Balaban J connectivity index is 0.000000401. The van der Waals surface area contributed by atoms with Crippen molar-refractivity contribution in [1.29, 1.82) is 0 Å². The second-order valence-corrected chi connectivity index (χ2v) is 5.48. The third kappa shape index (κ3) is 9.10. The van der Waals surface area contributed by atoms with Gasteiger partial charge in [0.1, 0.15) is 0 Å². The van der Waals surface area contributed by atoms with Crippen molar-refractivity contribution in [1.82, 2.24) is 0 Å². The zero-order chi connectivity index (χ0) is 17.1. The number of aliphatic hydroxyl groups excluding tert-OH is 1. The van der Waals surface area contributed by atoms with Gasteiger partial charge in [0.05, 0.1) is 0 Å². The Morgan fingerprint density at radius 2 is 1.68 bits per heavy atom. The molecule has 0 aromatic heterocycles. The van der Waals surface area contributed by atoms with Crippen LogP contribution >= 0.6 is 0 Å². The van der Waals surface area contributed by atoms with Crippen molar-refractivity contribution in [2.75, 3.05) is 6.54 Å². The van der Waals surface area contributed by atoms with Gasteiger partial charge in [-0.05, 0) is 30.4 Å². The molecule has 1 aromatic rings. The topological polar surface area (TPSA) is 121 Å². The van der Waals surface area contributed by atoms with Gasteiger partial charge < -0.3 is 21.1 Å². The minimum atomic E-state index is -1.41. The van der Waals surface area contributed by atoms with E-state index in [1.807, 2.05) is 0 Å². The summed E-state index contributed by atoms with van der Waals surface area (Å²) in [4.78, 5) is 20.5. The van der Waals surface area contributed by atoms with Gasteiger partial charge in [-0.1, -0.05) is 44.2 Å². The minimum absolute atomic E-state index is 0.146. The number of rotatable bonds is 7. The predicted molar refractivity (Wildman–Crippen MR) is 83.3 cm³/mol. The highest BCUT2D eigenvalue weighted by Crippen LogP contribution is 2.13. The molecule has 22 heavy (non-hydrogen) atoms. The largest absolute Gasteiger partial charge is 0.481 e. The van der Waals surface area contributed by atoms with Crippen molar-refractivity contribution in [3.63, 3.8) is 0 Å². The molecule has 0 spiro atoms. The third-order valence-electron chi connectivity index (χ3n) is 2.95. The maximum atomic E-state index is 10.3. The van der Waals surface area contributed by atoms with Crippen molar-refractivity contribution in [3.05, 3.63) is 35.9 Å². The normalized spacial score (nSPS) is 13.0. The maximum absolute atomic E-state index is 10.3. The number of nitrogens with two attached hydrogens (primary N) is 1. The first-order valence-electron chi connectivity index (χ1n) is 7.15. The Kier molecular flexibility index (Phi) is 9.82. The number of hydrogen-bond acceptors (Lipinski definition) is 4. The molecule has 1 rings (SSSR count). The summed E-state index contributed by atoms with van der Waals surface area (Å²) in [5.41, 5.74) is 5.81. The molecular weight excluding hydrogens is 286 g/mol. The number of hydrogen-bond donors (Lipinski definition) is 4. The summed E-state index contributed by atoms with van der Waals surface area (Å²) in [6, 6.07) is 8.26. The Labute approximate surface area is 130 Å². The number of aliphatic hydroxyl groups is 1. The smallest absolute Gasteiger partial charge is 0.337 e. The summed E-state index contributed by atoms with van der Waals surface area (Å²) in [6.45, 7) is 4.62. The van der Waals surface area contributed by atoms with Crippen LogP contribution in [0.1, 0.15) is 38.4 Å². The number of benzene rings is 1. The molecule has 0 saturated heterocycles. The Hall–Kier alpha value is -1.92. The summed E-state index contributed by atoms with van der Waals surface area (Å²) in [6.07, 6.45) is -0.298. The third-order valence-corrected chi connectivity index (χ3v) is 2.95. The highest BCUT2D eigenvalue weighted by Gasteiger charge is 2.14. The van der Waals surface area contributed by atoms with E-state index in [0.717, 1.165) is 6.42 Å². The standard InChI is InChI=1S/C8H17NO2.C8H8O3/c1-6(2)3-7(5-9)4-8(10)11;9-7(8(10)11)6-4-2-1-3-5-6/h6-7H,3-5,9H2,1-2H3,(H,10,11);1-5,7,9H,(H,10,11)/t7-;/m0./s1. The van der Waals surface area contributed by atoms with Crippen LogP contribution in [0.5, 0.6) is 0 Å². The summed E-state index contributed by atoms with van der Waals surface area (Å²) >= 11 is 0. The van der Waals surface area contributed by atoms with Gasteiger partial charge in [-0.3, -0.25) is 4.79 Å². The molecule has 2 atom stereocenters. The molecule has 0 aliphatic heterocycles. The first-order valence-corrected chi connectivity index (χ1v) is 7.15. The van der Waals surface area contributed by atoms with Crippen molar-refractivity contribution in [2.45, 2.75) is 32.8 Å². The van der Waals surface area contributed by atoms with E-state index in [1.165, 1.54) is 0 Å². The lowest BCUT2D eigenvalue weighted by molar-refractivity contribution is -0.147. The van der Waals surface area contributed by atoms with Crippen molar-refractivity contribution < 1.29 is 24.9 Å². The number of carbonyl (C=O) groups is 2. The van der Waals surface area contributed by atoms with Crippen LogP contribution in [0.25, 0.3) is 0 Å². The van der Waals surface area contributed by atoms with Crippen LogP contribution in [-0.4, -0.2) is 33.8 Å². The van der Waals surface area contributed by atoms with Crippen LogP contribution in [0, 0.1) is 11.8 Å². The van der Waals surface area contributed by atoms with Gasteiger partial charge in [0.15, 0.2) is 6.10 Å². The first kappa shape index (κ1) is 20.1. The summed E-state index contributed by atoms with van der Waals surface area (Å²) in [5, 5.41) is 25.9. The molecule has 0 bridgehead atoms. The van der Waals surface area contributed by atoms with Crippen LogP contribution in [0.15, 0.2) is 30.3 Å². The molecular formula is C16H25NO5. The van der Waals surface area contributed by atoms with Gasteiger partial charge >= 0.3 is 11.9 Å². The Bertz CT molecular complexity index is 447. The molecule has 6 nitrogen and oxygen atoms in total. The van der Waals surface area contributed by atoms with Gasteiger partial charge in [0.2, 0.25) is 0 Å². The molecule has 0 saturated carbocycles. The van der Waals surface area contributed by atoms with E-state index in [4.69, 9.17) is 21.1 Å². The average Bonchev–Trinajstić information content (AvgIpc) is 2.46.